The molecule has 88 heavy (non-hydrogen) atoms. The fourth-order valence-electron chi connectivity index (χ4n) is 14.8. The second-order valence-corrected chi connectivity index (χ2v) is 24.2. The van der Waals surface area contributed by atoms with Gasteiger partial charge in [-0.2, -0.15) is 0 Å². The Hall–Kier alpha value is -8.18. The number of hydrogen-bond acceptors (Lipinski definition) is 15. The fourth-order valence-corrected chi connectivity index (χ4v) is 14.8. The van der Waals surface area contributed by atoms with Crippen molar-refractivity contribution in [2.24, 2.45) is 5.92 Å². The number of nitrogens with zero attached hydrogens (tertiary/aromatic N) is 8. The highest BCUT2D eigenvalue weighted by atomic mass is 16.6. The lowest BCUT2D eigenvalue weighted by molar-refractivity contribution is -0.155. The van der Waals surface area contributed by atoms with Crippen molar-refractivity contribution in [2.75, 3.05) is 78.7 Å². The second-order valence-electron chi connectivity index (χ2n) is 24.2. The van der Waals surface area contributed by atoms with Gasteiger partial charge in [0.05, 0.1) is 18.6 Å². The Kier molecular flexibility index (Phi) is 21.3. The summed E-state index contributed by atoms with van der Waals surface area (Å²) in [7, 11) is 0. The molecule has 9 aliphatic rings. The predicted octanol–water partition coefficient (Wildman–Crippen LogP) is 0.526. The topological polar surface area (TPSA) is 307 Å². The van der Waals surface area contributed by atoms with E-state index in [0.29, 0.717) is 90.1 Å². The van der Waals surface area contributed by atoms with Crippen molar-refractivity contribution < 1.29 is 71.7 Å². The molecule has 8 saturated heterocycles. The zero-order valence-corrected chi connectivity index (χ0v) is 50.1. The molecular formula is C61H84N12O15. The first-order chi connectivity index (χ1) is 42.5. The Morgan fingerprint density at radius 2 is 0.693 bits per heavy atom. The highest BCUT2D eigenvalue weighted by Gasteiger charge is 2.54. The Balaban J connectivity index is 0.896. The average molecular weight is 1230 g/mol. The Morgan fingerprint density at radius 1 is 0.386 bits per heavy atom. The highest BCUT2D eigenvalue weighted by molar-refractivity contribution is 6.00. The molecule has 0 unspecified atom stereocenters. The van der Waals surface area contributed by atoms with Gasteiger partial charge in [0.1, 0.15) is 68.2 Å². The summed E-state index contributed by atoms with van der Waals surface area (Å²) in [6.45, 7) is 11.7. The quantitative estimate of drug-likeness (QED) is 0.0779. The van der Waals surface area contributed by atoms with Crippen LogP contribution in [0.5, 0.6) is 0 Å². The van der Waals surface area contributed by atoms with Crippen molar-refractivity contribution in [1.82, 2.24) is 60.5 Å². The summed E-state index contributed by atoms with van der Waals surface area (Å²) in [6, 6.07) is -9.80. The molecule has 0 spiro atoms. The number of rotatable bonds is 19. The molecule has 0 aromatic heterocycles. The molecule has 0 aromatic carbocycles. The molecule has 8 heterocycles. The first-order valence-corrected chi connectivity index (χ1v) is 31.3. The molecular weight excluding hydrogens is 1140 g/mol. The minimum Gasteiger partial charge on any atom is -0.445 e. The smallest absolute Gasteiger partial charge is 0.407 e. The van der Waals surface area contributed by atoms with Gasteiger partial charge in [0, 0.05) is 64.3 Å². The Labute approximate surface area is 512 Å². The second kappa shape index (κ2) is 29.2. The highest BCUT2D eigenvalue weighted by Crippen LogP contribution is 2.36. The third-order valence-corrected chi connectivity index (χ3v) is 18.8. The summed E-state index contributed by atoms with van der Waals surface area (Å²) in [6.07, 6.45) is 13.6. The molecule has 12 amide bonds. The normalized spacial score (nSPS) is 29.1. The lowest BCUT2D eigenvalue weighted by Gasteiger charge is -2.37. The van der Waals surface area contributed by atoms with E-state index < -0.39 is 114 Å². The van der Waals surface area contributed by atoms with Crippen molar-refractivity contribution in [2.45, 2.75) is 176 Å². The molecule has 12 atom stereocenters. The standard InChI is InChI=1S/C61H84N12O15/c1-5-23-62-50(74)42-15-9-24-66(42)52(76)44-17-11-28-70(44)57(81)48-34-40(64-60(84)87-31-7-3)36-72(48)56(80)47-20-14-27-69(47)54(78)45-18-12-29-71(45)58(82)49-35-41(65-61(85)88-32-8-4)37-73(49)55(79)46-19-13-26-68(46)53(77)43-16-10-25-67(43)51(75)38-21-22-39(33-38)63-59(83)86-30-6-2/h1,6-8,38-49H,2-4,9-37H2,(H,62,74)(H,63,83)(H,64,84)(H,65,85)/t38-,39-,40+,41+,42-,43-,44-,45-,46-,47-,48-,49-/m0/s1. The first kappa shape index (κ1) is 64.3. The molecule has 27 heteroatoms. The van der Waals surface area contributed by atoms with Crippen LogP contribution in [0, 0.1) is 18.3 Å². The summed E-state index contributed by atoms with van der Waals surface area (Å²) in [5.41, 5.74) is 0. The maximum Gasteiger partial charge on any atom is 0.407 e. The van der Waals surface area contributed by atoms with Gasteiger partial charge < -0.3 is 74.7 Å². The van der Waals surface area contributed by atoms with E-state index in [9.17, 15) is 38.4 Å². The third-order valence-electron chi connectivity index (χ3n) is 18.8. The number of amides is 12. The van der Waals surface area contributed by atoms with Gasteiger partial charge in [-0.25, -0.2) is 14.4 Å². The van der Waals surface area contributed by atoms with Gasteiger partial charge in [-0.3, -0.25) is 43.2 Å². The van der Waals surface area contributed by atoms with Gasteiger partial charge in [0.15, 0.2) is 0 Å². The van der Waals surface area contributed by atoms with Crippen molar-refractivity contribution in [3.8, 4) is 12.3 Å². The minimum atomic E-state index is -1.19. The maximum absolute atomic E-state index is 15.2. The minimum absolute atomic E-state index is 0.00708. The monoisotopic (exact) mass is 1220 g/mol. The van der Waals surface area contributed by atoms with Gasteiger partial charge in [-0.1, -0.05) is 43.9 Å². The Bertz CT molecular complexity index is 2790. The maximum atomic E-state index is 15.2. The van der Waals surface area contributed by atoms with E-state index in [4.69, 9.17) is 20.6 Å². The van der Waals surface area contributed by atoms with Crippen molar-refractivity contribution in [3.63, 3.8) is 0 Å². The summed E-state index contributed by atoms with van der Waals surface area (Å²) >= 11 is 0. The van der Waals surface area contributed by atoms with Crippen LogP contribution in [-0.4, -0.2) is 256 Å². The van der Waals surface area contributed by atoms with Crippen LogP contribution >= 0.6 is 0 Å². The van der Waals surface area contributed by atoms with Crippen molar-refractivity contribution >= 4 is 71.4 Å². The van der Waals surface area contributed by atoms with Crippen molar-refractivity contribution in [3.05, 3.63) is 38.0 Å². The summed E-state index contributed by atoms with van der Waals surface area (Å²) in [4.78, 5) is 182. The summed E-state index contributed by atoms with van der Waals surface area (Å²) < 4.78 is 15.5. The van der Waals surface area contributed by atoms with Gasteiger partial charge >= 0.3 is 18.3 Å². The molecule has 9 fully saturated rings. The number of nitrogens with one attached hydrogen (secondary N) is 4. The number of hydrogen-bond donors (Lipinski definition) is 4. The number of carbonyl (C=O) groups is 12. The van der Waals surface area contributed by atoms with Gasteiger partial charge in [-0.05, 0) is 109 Å². The molecule has 0 aromatic rings. The molecule has 478 valence electrons. The SMILES string of the molecule is C#CCNC(=O)[C@@H]1CCCN1C(=O)[C@@H]1CCCN1C(=O)[C@@H]1C[C@@H](NC(=O)OCC=C)CN1C(=O)[C@@H]1CCCN1C(=O)[C@@H]1CCCN1C(=O)[C@@H]1C[C@@H](NC(=O)OCC=C)CN1C(=O)[C@@H]1CCCN1C(=O)[C@@H]1CCCN1C(=O)[C@H]1CC[C@H](NC(=O)OCC=C)C1. The van der Waals surface area contributed by atoms with E-state index in [1.807, 2.05) is 0 Å². The van der Waals surface area contributed by atoms with Crippen LogP contribution in [0.4, 0.5) is 14.4 Å². The van der Waals surface area contributed by atoms with Crippen LogP contribution in [0.2, 0.25) is 0 Å². The summed E-state index contributed by atoms with van der Waals surface area (Å²) in [5.74, 6) is -2.04. The molecule has 27 nitrogen and oxygen atoms in total. The zero-order chi connectivity index (χ0) is 62.8. The molecule has 1 saturated carbocycles. The van der Waals surface area contributed by atoms with Crippen LogP contribution in [0.1, 0.15) is 109 Å². The fraction of sp³-hybridized carbons (Fsp3) is 0.672. The van der Waals surface area contributed by atoms with E-state index in [2.05, 4.69) is 46.9 Å². The van der Waals surface area contributed by atoms with E-state index in [1.54, 1.807) is 4.90 Å². The number of likely N-dealkylation sites (tertiary alicyclic amines) is 8. The molecule has 1 aliphatic carbocycles. The molecule has 0 bridgehead atoms. The molecule has 0 radical (unpaired) electrons. The Morgan fingerprint density at radius 3 is 1.05 bits per heavy atom. The zero-order valence-electron chi connectivity index (χ0n) is 50.1. The number of alkyl carbamates (subject to hydrolysis) is 3. The first-order valence-electron chi connectivity index (χ1n) is 31.3. The molecule has 9 rings (SSSR count). The van der Waals surface area contributed by atoms with E-state index in [1.165, 1.54) is 52.5 Å². The number of carbonyl (C=O) groups excluding carboxylic acids is 12. The van der Waals surface area contributed by atoms with Crippen LogP contribution < -0.4 is 21.3 Å². The average Bonchev–Trinajstić information content (AvgIpc) is 2.13. The lowest BCUT2D eigenvalue weighted by Crippen LogP contribution is -2.59. The van der Waals surface area contributed by atoms with Crippen LogP contribution in [0.15, 0.2) is 38.0 Å². The van der Waals surface area contributed by atoms with E-state index in [0.717, 1.165) is 0 Å². The van der Waals surface area contributed by atoms with Crippen LogP contribution in [0.25, 0.3) is 0 Å². The predicted molar refractivity (Wildman–Crippen MR) is 313 cm³/mol. The van der Waals surface area contributed by atoms with Gasteiger partial charge in [-0.15, -0.1) is 6.42 Å². The van der Waals surface area contributed by atoms with E-state index in [-0.39, 0.29) is 127 Å². The van der Waals surface area contributed by atoms with Crippen LogP contribution in [-0.2, 0) is 57.4 Å². The lowest BCUT2D eigenvalue weighted by atomic mass is 10.0. The number of terminal acetylenes is 1. The molecule has 4 N–H and O–H groups in total. The summed E-state index contributed by atoms with van der Waals surface area (Å²) in [5, 5.41) is 11.0. The van der Waals surface area contributed by atoms with Crippen molar-refractivity contribution in [1.29, 1.82) is 0 Å². The van der Waals surface area contributed by atoms with E-state index >= 15 is 19.2 Å². The van der Waals surface area contributed by atoms with Gasteiger partial charge in [0.25, 0.3) is 0 Å². The van der Waals surface area contributed by atoms with Crippen LogP contribution in [0.3, 0.4) is 0 Å². The number of ether oxygens (including phenoxy) is 3. The third kappa shape index (κ3) is 14.0. The largest absolute Gasteiger partial charge is 0.445 e. The molecule has 8 aliphatic heterocycles. The van der Waals surface area contributed by atoms with Gasteiger partial charge in [0.2, 0.25) is 53.2 Å².